The molecule has 0 radical (unpaired) electrons. The molecule has 0 spiro atoms. The quantitative estimate of drug-likeness (QED) is 0.728. The van der Waals surface area contributed by atoms with Crippen LogP contribution in [0.3, 0.4) is 0 Å². The number of carbonyl (C=O) groups excluding carboxylic acids is 1. The number of aliphatic carboxylic acids is 1. The molecule has 112 valence electrons. The van der Waals surface area contributed by atoms with E-state index in [1.54, 1.807) is 24.3 Å². The van der Waals surface area contributed by atoms with Crippen LogP contribution in [0.1, 0.15) is 32.3 Å². The molecule has 2 amide bonds. The molecular weight excluding hydrogens is 268 g/mol. The molecule has 0 saturated heterocycles. The summed E-state index contributed by atoms with van der Waals surface area (Å²) in [5, 5.41) is 14.4. The molecule has 5 heteroatoms. The van der Waals surface area contributed by atoms with Gasteiger partial charge in [-0.25, -0.2) is 9.59 Å². The third kappa shape index (κ3) is 4.63. The minimum absolute atomic E-state index is 0.203. The number of hydrogen-bond donors (Lipinski definition) is 3. The monoisotopic (exact) mass is 288 g/mol. The summed E-state index contributed by atoms with van der Waals surface area (Å²) in [5.74, 6) is -0.453. The molecule has 3 N–H and O–H groups in total. The lowest BCUT2D eigenvalue weighted by atomic mass is 9.99. The molecule has 1 aromatic rings. The van der Waals surface area contributed by atoms with Gasteiger partial charge in [-0.1, -0.05) is 12.1 Å². The molecule has 0 atom stereocenters. The summed E-state index contributed by atoms with van der Waals surface area (Å²) in [6.07, 6.45) is 4.86. The molecule has 2 rings (SSSR count). The zero-order valence-corrected chi connectivity index (χ0v) is 12.2. The molecule has 0 aliphatic heterocycles. The van der Waals surface area contributed by atoms with Crippen LogP contribution in [0.4, 0.5) is 10.5 Å². The van der Waals surface area contributed by atoms with Crippen molar-refractivity contribution < 1.29 is 14.7 Å². The minimum Gasteiger partial charge on any atom is -0.478 e. The smallest absolute Gasteiger partial charge is 0.328 e. The first kappa shape index (κ1) is 15.1. The van der Waals surface area contributed by atoms with Crippen molar-refractivity contribution in [3.05, 3.63) is 35.9 Å². The van der Waals surface area contributed by atoms with Crippen molar-refractivity contribution in [2.75, 3.05) is 5.32 Å². The standard InChI is InChI=1S/C16H20N2O3/c1-16(2,12-7-8-12)18-15(21)17-13-5-3-4-11(10-13)6-9-14(19)20/h3-6,9-10,12H,7-8H2,1-2H3,(H,19,20)(H2,17,18,21)/b9-6+. The Bertz CT molecular complexity index is 575. The van der Waals surface area contributed by atoms with Gasteiger partial charge in [-0.15, -0.1) is 0 Å². The van der Waals surface area contributed by atoms with Gasteiger partial charge in [-0.05, 0) is 56.4 Å². The fourth-order valence-electron chi connectivity index (χ4n) is 2.25. The Morgan fingerprint density at radius 2 is 2.05 bits per heavy atom. The van der Waals surface area contributed by atoms with Gasteiger partial charge < -0.3 is 15.7 Å². The molecule has 0 heterocycles. The minimum atomic E-state index is -1.00. The van der Waals surface area contributed by atoms with Crippen LogP contribution in [0, 0.1) is 5.92 Å². The van der Waals surface area contributed by atoms with Crippen molar-refractivity contribution in [2.45, 2.75) is 32.2 Å². The first-order valence-electron chi connectivity index (χ1n) is 6.97. The fourth-order valence-corrected chi connectivity index (χ4v) is 2.25. The third-order valence-corrected chi connectivity index (χ3v) is 3.60. The van der Waals surface area contributed by atoms with Crippen molar-refractivity contribution in [3.8, 4) is 0 Å². The van der Waals surface area contributed by atoms with Crippen LogP contribution in [0.25, 0.3) is 6.08 Å². The molecule has 0 unspecified atom stereocenters. The van der Waals surface area contributed by atoms with E-state index in [1.807, 2.05) is 13.8 Å². The Kier molecular flexibility index (Phi) is 4.31. The summed E-state index contributed by atoms with van der Waals surface area (Å²) >= 11 is 0. The third-order valence-electron chi connectivity index (χ3n) is 3.60. The van der Waals surface area contributed by atoms with E-state index in [-0.39, 0.29) is 11.6 Å². The van der Waals surface area contributed by atoms with Crippen LogP contribution in [0.5, 0.6) is 0 Å². The highest BCUT2D eigenvalue weighted by atomic mass is 16.4. The van der Waals surface area contributed by atoms with Crippen molar-refractivity contribution in [1.82, 2.24) is 5.32 Å². The number of urea groups is 1. The first-order chi connectivity index (χ1) is 9.87. The van der Waals surface area contributed by atoms with Crippen LogP contribution < -0.4 is 10.6 Å². The number of carboxylic acid groups (broad SMARTS) is 1. The Balaban J connectivity index is 1.97. The lowest BCUT2D eigenvalue weighted by molar-refractivity contribution is -0.131. The van der Waals surface area contributed by atoms with Gasteiger partial charge in [-0.3, -0.25) is 0 Å². The molecule has 1 aromatic carbocycles. The Morgan fingerprint density at radius 1 is 1.33 bits per heavy atom. The molecule has 1 aliphatic carbocycles. The molecule has 1 saturated carbocycles. The lowest BCUT2D eigenvalue weighted by Gasteiger charge is -2.26. The van der Waals surface area contributed by atoms with E-state index in [2.05, 4.69) is 10.6 Å². The van der Waals surface area contributed by atoms with Crippen LogP contribution >= 0.6 is 0 Å². The van der Waals surface area contributed by atoms with Crippen LogP contribution in [0.15, 0.2) is 30.3 Å². The summed E-state index contributed by atoms with van der Waals surface area (Å²) in [5.41, 5.74) is 1.15. The summed E-state index contributed by atoms with van der Waals surface area (Å²) in [6, 6.07) is 6.79. The fraction of sp³-hybridized carbons (Fsp3) is 0.375. The van der Waals surface area contributed by atoms with E-state index in [9.17, 15) is 9.59 Å². The van der Waals surface area contributed by atoms with E-state index in [0.29, 0.717) is 11.6 Å². The van der Waals surface area contributed by atoms with Crippen LogP contribution in [-0.2, 0) is 4.79 Å². The highest BCUT2D eigenvalue weighted by Crippen LogP contribution is 2.39. The Hall–Kier alpha value is -2.30. The second-order valence-electron chi connectivity index (χ2n) is 5.87. The number of benzene rings is 1. The predicted molar refractivity (Wildman–Crippen MR) is 82.1 cm³/mol. The molecule has 1 fully saturated rings. The molecule has 0 bridgehead atoms. The van der Waals surface area contributed by atoms with Gasteiger partial charge in [0, 0.05) is 17.3 Å². The zero-order chi connectivity index (χ0) is 15.5. The number of carboxylic acids is 1. The van der Waals surface area contributed by atoms with E-state index in [1.165, 1.54) is 6.08 Å². The van der Waals surface area contributed by atoms with E-state index in [0.717, 1.165) is 24.5 Å². The molecule has 21 heavy (non-hydrogen) atoms. The van der Waals surface area contributed by atoms with Gasteiger partial charge in [0.05, 0.1) is 0 Å². The summed E-state index contributed by atoms with van der Waals surface area (Å²) in [7, 11) is 0. The van der Waals surface area contributed by atoms with E-state index in [4.69, 9.17) is 5.11 Å². The molecule has 1 aliphatic rings. The topological polar surface area (TPSA) is 78.4 Å². The maximum atomic E-state index is 12.0. The number of rotatable bonds is 5. The Labute approximate surface area is 124 Å². The highest BCUT2D eigenvalue weighted by Gasteiger charge is 2.38. The number of hydrogen-bond acceptors (Lipinski definition) is 2. The SMILES string of the molecule is CC(C)(NC(=O)Nc1cccc(/C=C/C(=O)O)c1)C1CC1. The number of carbonyl (C=O) groups is 2. The van der Waals surface area contributed by atoms with Crippen LogP contribution in [0.2, 0.25) is 0 Å². The van der Waals surface area contributed by atoms with Gasteiger partial charge in [0.25, 0.3) is 0 Å². The second-order valence-corrected chi connectivity index (χ2v) is 5.87. The first-order valence-corrected chi connectivity index (χ1v) is 6.97. The largest absolute Gasteiger partial charge is 0.478 e. The summed E-state index contributed by atoms with van der Waals surface area (Å²) < 4.78 is 0. The maximum absolute atomic E-state index is 12.0. The summed E-state index contributed by atoms with van der Waals surface area (Å²) in [4.78, 5) is 22.5. The van der Waals surface area contributed by atoms with E-state index < -0.39 is 5.97 Å². The maximum Gasteiger partial charge on any atom is 0.328 e. The second kappa shape index (κ2) is 5.99. The van der Waals surface area contributed by atoms with Crippen LogP contribution in [-0.4, -0.2) is 22.6 Å². The normalized spacial score (nSPS) is 15.0. The average Bonchev–Trinajstić information content (AvgIpc) is 3.20. The molecule has 0 aromatic heterocycles. The van der Waals surface area contributed by atoms with Crippen molar-refractivity contribution in [2.24, 2.45) is 5.92 Å². The average molecular weight is 288 g/mol. The highest BCUT2D eigenvalue weighted by molar-refractivity contribution is 5.90. The number of nitrogens with one attached hydrogen (secondary N) is 2. The Morgan fingerprint density at radius 3 is 2.67 bits per heavy atom. The van der Waals surface area contributed by atoms with Gasteiger partial charge in [0.2, 0.25) is 0 Å². The van der Waals surface area contributed by atoms with Gasteiger partial charge in [-0.2, -0.15) is 0 Å². The number of anilines is 1. The molecular formula is C16H20N2O3. The summed E-state index contributed by atoms with van der Waals surface area (Å²) in [6.45, 7) is 4.05. The van der Waals surface area contributed by atoms with Gasteiger partial charge in [0.15, 0.2) is 0 Å². The van der Waals surface area contributed by atoms with Gasteiger partial charge in [0.1, 0.15) is 0 Å². The number of amides is 2. The van der Waals surface area contributed by atoms with Gasteiger partial charge >= 0.3 is 12.0 Å². The van der Waals surface area contributed by atoms with Crippen molar-refractivity contribution in [3.63, 3.8) is 0 Å². The lowest BCUT2D eigenvalue weighted by Crippen LogP contribution is -2.47. The zero-order valence-electron chi connectivity index (χ0n) is 12.2. The van der Waals surface area contributed by atoms with Crippen molar-refractivity contribution >= 4 is 23.8 Å². The molecule has 5 nitrogen and oxygen atoms in total. The predicted octanol–water partition coefficient (Wildman–Crippen LogP) is 3.09. The van der Waals surface area contributed by atoms with Crippen molar-refractivity contribution in [1.29, 1.82) is 0 Å². The van der Waals surface area contributed by atoms with E-state index >= 15 is 0 Å².